The number of thioether (sulfide) groups is 1. The zero-order valence-electron chi connectivity index (χ0n) is 14.4. The molecule has 0 spiro atoms. The molecule has 0 aromatic carbocycles. The minimum absolute atomic E-state index is 0.0441. The van der Waals surface area contributed by atoms with Gasteiger partial charge in [-0.1, -0.05) is 25.1 Å². The number of unbranched alkanes of at least 4 members (excludes halogenated alkanes) is 1. The predicted molar refractivity (Wildman–Crippen MR) is 101 cm³/mol. The maximum atomic E-state index is 12.4. The van der Waals surface area contributed by atoms with Crippen molar-refractivity contribution in [3.8, 4) is 0 Å². The molecule has 0 unspecified atom stereocenters. The number of carbonyl (C=O) groups is 1. The molecule has 3 heterocycles. The topological polar surface area (TPSA) is 91.1 Å². The third kappa shape index (κ3) is 4.45. The fourth-order valence-electron chi connectivity index (χ4n) is 2.74. The Hall–Kier alpha value is -2.22. The van der Waals surface area contributed by atoms with E-state index in [-0.39, 0.29) is 5.91 Å². The summed E-state index contributed by atoms with van der Waals surface area (Å²) in [6.07, 6.45) is 4.06. The van der Waals surface area contributed by atoms with Crippen LogP contribution >= 0.6 is 11.8 Å². The van der Waals surface area contributed by atoms with Gasteiger partial charge in [0.1, 0.15) is 17.3 Å². The fourth-order valence-corrected chi connectivity index (χ4v) is 3.68. The van der Waals surface area contributed by atoms with Gasteiger partial charge in [-0.3, -0.25) is 4.79 Å². The van der Waals surface area contributed by atoms with E-state index in [0.29, 0.717) is 24.6 Å². The standard InChI is InChI=1S/C17H24N6OS/c1-2-3-11-25-17-20-14(18)12-15(21-17)22-7-9-23(10-8-22)16(24)13-5-4-6-19-13/h4-6,12,19H,2-3,7-11H2,1H3,(H2,18,20,21). The highest BCUT2D eigenvalue weighted by atomic mass is 32.2. The third-order valence-corrected chi connectivity index (χ3v) is 5.09. The van der Waals surface area contributed by atoms with Crippen LogP contribution in [-0.4, -0.2) is 57.7 Å². The fraction of sp³-hybridized carbons (Fsp3) is 0.471. The highest BCUT2D eigenvalue weighted by Gasteiger charge is 2.23. The lowest BCUT2D eigenvalue weighted by Gasteiger charge is -2.35. The predicted octanol–water partition coefficient (Wildman–Crippen LogP) is 2.24. The average Bonchev–Trinajstić information content (AvgIpc) is 3.16. The number of nitrogens with zero attached hydrogens (tertiary/aromatic N) is 4. The van der Waals surface area contributed by atoms with Crippen LogP contribution < -0.4 is 10.6 Å². The lowest BCUT2D eigenvalue weighted by molar-refractivity contribution is 0.0741. The van der Waals surface area contributed by atoms with Gasteiger partial charge in [0.25, 0.3) is 5.91 Å². The van der Waals surface area contributed by atoms with Crippen LogP contribution in [0.2, 0.25) is 0 Å². The smallest absolute Gasteiger partial charge is 0.270 e. The van der Waals surface area contributed by atoms with E-state index in [4.69, 9.17) is 5.73 Å². The molecule has 0 radical (unpaired) electrons. The molecule has 8 heteroatoms. The van der Waals surface area contributed by atoms with Crippen LogP contribution in [0.25, 0.3) is 0 Å². The molecular weight excluding hydrogens is 336 g/mol. The number of anilines is 2. The number of aromatic nitrogens is 3. The Labute approximate surface area is 152 Å². The molecule has 1 amide bonds. The highest BCUT2D eigenvalue weighted by molar-refractivity contribution is 7.99. The van der Waals surface area contributed by atoms with Crippen LogP contribution in [-0.2, 0) is 0 Å². The van der Waals surface area contributed by atoms with Crippen LogP contribution in [0.5, 0.6) is 0 Å². The van der Waals surface area contributed by atoms with E-state index in [2.05, 4.69) is 26.8 Å². The van der Waals surface area contributed by atoms with Crippen LogP contribution in [0, 0.1) is 0 Å². The van der Waals surface area contributed by atoms with E-state index in [0.717, 1.165) is 42.7 Å². The summed E-state index contributed by atoms with van der Waals surface area (Å²) >= 11 is 1.64. The Kier molecular flexibility index (Phi) is 5.80. The SMILES string of the molecule is CCCCSc1nc(N)cc(N2CCN(C(=O)c3ccc[nH]3)CC2)n1. The van der Waals surface area contributed by atoms with Gasteiger partial charge >= 0.3 is 0 Å². The number of hydrogen-bond donors (Lipinski definition) is 2. The number of hydrogen-bond acceptors (Lipinski definition) is 6. The molecule has 2 aromatic rings. The molecule has 134 valence electrons. The first-order valence-corrected chi connectivity index (χ1v) is 9.61. The molecule has 25 heavy (non-hydrogen) atoms. The lowest BCUT2D eigenvalue weighted by atomic mass is 10.2. The first-order chi connectivity index (χ1) is 12.2. The molecule has 2 aromatic heterocycles. The summed E-state index contributed by atoms with van der Waals surface area (Å²) in [6, 6.07) is 5.46. The van der Waals surface area contributed by atoms with E-state index in [1.54, 1.807) is 24.0 Å². The van der Waals surface area contributed by atoms with E-state index in [9.17, 15) is 4.79 Å². The van der Waals surface area contributed by atoms with Crippen LogP contribution in [0.4, 0.5) is 11.6 Å². The van der Waals surface area contributed by atoms with Crippen molar-refractivity contribution >= 4 is 29.3 Å². The lowest BCUT2D eigenvalue weighted by Crippen LogP contribution is -2.49. The van der Waals surface area contributed by atoms with Crippen LogP contribution in [0.15, 0.2) is 29.6 Å². The number of H-pyrrole nitrogens is 1. The largest absolute Gasteiger partial charge is 0.383 e. The molecule has 0 bridgehead atoms. The number of aromatic amines is 1. The zero-order chi connectivity index (χ0) is 17.6. The van der Waals surface area contributed by atoms with Crippen LogP contribution in [0.1, 0.15) is 30.3 Å². The van der Waals surface area contributed by atoms with Gasteiger partial charge in [0.05, 0.1) is 0 Å². The Bertz CT molecular complexity index is 697. The maximum absolute atomic E-state index is 12.4. The first-order valence-electron chi connectivity index (χ1n) is 8.62. The molecule has 0 saturated carbocycles. The average molecular weight is 360 g/mol. The van der Waals surface area contributed by atoms with Gasteiger partial charge in [0.2, 0.25) is 0 Å². The molecule has 3 N–H and O–H groups in total. The monoisotopic (exact) mass is 360 g/mol. The number of amides is 1. The van der Waals surface area contributed by atoms with E-state index >= 15 is 0 Å². The van der Waals surface area contributed by atoms with Crippen molar-refractivity contribution in [1.82, 2.24) is 19.9 Å². The normalized spacial score (nSPS) is 14.8. The van der Waals surface area contributed by atoms with Crippen molar-refractivity contribution in [1.29, 1.82) is 0 Å². The van der Waals surface area contributed by atoms with Gasteiger partial charge in [0.15, 0.2) is 5.16 Å². The third-order valence-electron chi connectivity index (χ3n) is 4.16. The van der Waals surface area contributed by atoms with Gasteiger partial charge in [-0.25, -0.2) is 9.97 Å². The highest BCUT2D eigenvalue weighted by Crippen LogP contribution is 2.22. The summed E-state index contributed by atoms with van der Waals surface area (Å²) in [5.74, 6) is 2.38. The number of carbonyl (C=O) groups excluding carboxylic acids is 1. The summed E-state index contributed by atoms with van der Waals surface area (Å²) in [5, 5.41) is 0.730. The van der Waals surface area contributed by atoms with E-state index in [1.165, 1.54) is 0 Å². The second-order valence-corrected chi connectivity index (χ2v) is 7.06. The minimum atomic E-state index is 0.0441. The summed E-state index contributed by atoms with van der Waals surface area (Å²) in [5.41, 5.74) is 6.58. The zero-order valence-corrected chi connectivity index (χ0v) is 15.3. The van der Waals surface area contributed by atoms with Gasteiger partial charge in [-0.05, 0) is 18.6 Å². The molecule has 1 aliphatic rings. The Balaban J connectivity index is 1.61. The second-order valence-electron chi connectivity index (χ2n) is 6.00. The van der Waals surface area contributed by atoms with Crippen molar-refractivity contribution < 1.29 is 4.79 Å². The summed E-state index contributed by atoms with van der Waals surface area (Å²) < 4.78 is 0. The van der Waals surface area contributed by atoms with Crippen LogP contribution in [0.3, 0.4) is 0 Å². The second kappa shape index (κ2) is 8.24. The molecule has 3 rings (SSSR count). The Morgan fingerprint density at radius 3 is 2.80 bits per heavy atom. The van der Waals surface area contributed by atoms with Crippen molar-refractivity contribution in [2.75, 3.05) is 42.6 Å². The number of nitrogens with two attached hydrogens (primary N) is 1. The van der Waals surface area contributed by atoms with Crippen molar-refractivity contribution in [3.63, 3.8) is 0 Å². The summed E-state index contributed by atoms with van der Waals surface area (Å²) in [6.45, 7) is 4.98. The number of nitrogens with one attached hydrogen (secondary N) is 1. The van der Waals surface area contributed by atoms with E-state index in [1.807, 2.05) is 17.0 Å². The molecule has 1 fully saturated rings. The quantitative estimate of drug-likeness (QED) is 0.466. The minimum Gasteiger partial charge on any atom is -0.383 e. The summed E-state index contributed by atoms with van der Waals surface area (Å²) in [4.78, 5) is 28.3. The van der Waals surface area contributed by atoms with Crippen molar-refractivity contribution in [2.24, 2.45) is 0 Å². The summed E-state index contributed by atoms with van der Waals surface area (Å²) in [7, 11) is 0. The van der Waals surface area contributed by atoms with Gasteiger partial charge in [0, 0.05) is 44.2 Å². The molecule has 0 aliphatic carbocycles. The van der Waals surface area contributed by atoms with Gasteiger partial charge in [-0.15, -0.1) is 0 Å². The van der Waals surface area contributed by atoms with E-state index < -0.39 is 0 Å². The molecule has 0 atom stereocenters. The Morgan fingerprint density at radius 1 is 1.32 bits per heavy atom. The number of nitrogen functional groups attached to an aromatic ring is 1. The van der Waals surface area contributed by atoms with Gasteiger partial charge < -0.3 is 20.5 Å². The van der Waals surface area contributed by atoms with Crippen molar-refractivity contribution in [3.05, 3.63) is 30.1 Å². The number of rotatable bonds is 6. The number of piperazine rings is 1. The first kappa shape index (κ1) is 17.6. The van der Waals surface area contributed by atoms with Gasteiger partial charge in [-0.2, -0.15) is 0 Å². The van der Waals surface area contributed by atoms with Crippen molar-refractivity contribution in [2.45, 2.75) is 24.9 Å². The molecule has 7 nitrogen and oxygen atoms in total. The molecule has 1 saturated heterocycles. The Morgan fingerprint density at radius 2 is 2.12 bits per heavy atom. The maximum Gasteiger partial charge on any atom is 0.270 e. The molecule has 1 aliphatic heterocycles. The molecular formula is C17H24N6OS.